The summed E-state index contributed by atoms with van der Waals surface area (Å²) in [6.07, 6.45) is -4.24. The number of aromatic nitrogens is 3. The maximum atomic E-state index is 12.9. The van der Waals surface area contributed by atoms with Gasteiger partial charge in [-0.15, -0.1) is 10.2 Å². The van der Waals surface area contributed by atoms with E-state index in [1.165, 1.54) is 23.5 Å². The molecule has 0 fully saturated rings. The number of amides is 1. The molecule has 1 N–H and O–H groups in total. The number of hydrogen-bond donors (Lipinski definition) is 1. The third-order valence-electron chi connectivity index (χ3n) is 4.55. The molecule has 0 saturated carbocycles. The lowest BCUT2D eigenvalue weighted by Crippen LogP contribution is -2.12. The highest BCUT2D eigenvalue weighted by Crippen LogP contribution is 2.32. The van der Waals surface area contributed by atoms with Crippen molar-refractivity contribution in [1.29, 1.82) is 0 Å². The molecule has 2 aromatic carbocycles. The predicted molar refractivity (Wildman–Crippen MR) is 111 cm³/mol. The van der Waals surface area contributed by atoms with E-state index in [0.29, 0.717) is 5.13 Å². The first-order valence-corrected chi connectivity index (χ1v) is 10.2. The summed E-state index contributed by atoms with van der Waals surface area (Å²) < 4.78 is 45.0. The van der Waals surface area contributed by atoms with Crippen LogP contribution in [-0.2, 0) is 17.4 Å². The van der Waals surface area contributed by atoms with Crippen molar-refractivity contribution >= 4 is 32.6 Å². The van der Waals surface area contributed by atoms with Crippen molar-refractivity contribution in [2.24, 2.45) is 0 Å². The standard InChI is InChI=1S/C21H17F3N4O2S/c1-11-8-12(2)18-15(9-11)31-20(26-18)25-16(29)6-7-17-27-28-19(30-17)13-4-3-5-14(10-13)21(22,23)24/h3-5,8-10H,6-7H2,1-2H3,(H,25,26,29). The van der Waals surface area contributed by atoms with E-state index >= 15 is 0 Å². The van der Waals surface area contributed by atoms with Crippen LogP contribution in [-0.4, -0.2) is 21.1 Å². The summed E-state index contributed by atoms with van der Waals surface area (Å²) in [4.78, 5) is 16.8. The molecule has 4 rings (SSSR count). The Bertz CT molecular complexity index is 1260. The number of benzene rings is 2. The van der Waals surface area contributed by atoms with Crippen LogP contribution in [0.1, 0.15) is 29.0 Å². The molecule has 0 saturated heterocycles. The molecule has 0 unspecified atom stereocenters. The Balaban J connectivity index is 1.40. The highest BCUT2D eigenvalue weighted by Gasteiger charge is 2.30. The van der Waals surface area contributed by atoms with E-state index in [-0.39, 0.29) is 36.1 Å². The van der Waals surface area contributed by atoms with E-state index in [2.05, 4.69) is 20.5 Å². The lowest BCUT2D eigenvalue weighted by Gasteiger charge is -2.06. The minimum atomic E-state index is -4.46. The maximum Gasteiger partial charge on any atom is 0.416 e. The molecule has 160 valence electrons. The van der Waals surface area contributed by atoms with E-state index in [1.807, 2.05) is 26.0 Å². The highest BCUT2D eigenvalue weighted by molar-refractivity contribution is 7.22. The van der Waals surface area contributed by atoms with Gasteiger partial charge in [0.2, 0.25) is 17.7 Å². The van der Waals surface area contributed by atoms with Gasteiger partial charge in [-0.1, -0.05) is 23.5 Å². The fourth-order valence-corrected chi connectivity index (χ4v) is 4.18. The number of halogens is 3. The van der Waals surface area contributed by atoms with Gasteiger partial charge in [0.1, 0.15) is 0 Å². The Kier molecular flexibility index (Phi) is 5.48. The Morgan fingerprint density at radius 3 is 2.74 bits per heavy atom. The SMILES string of the molecule is Cc1cc(C)c2nc(NC(=O)CCc3nnc(-c4cccc(C(F)(F)F)c4)o3)sc2c1. The largest absolute Gasteiger partial charge is 0.421 e. The Morgan fingerprint density at radius 1 is 1.16 bits per heavy atom. The van der Waals surface area contributed by atoms with Gasteiger partial charge in [-0.25, -0.2) is 4.98 Å². The van der Waals surface area contributed by atoms with Crippen molar-refractivity contribution in [3.63, 3.8) is 0 Å². The molecule has 4 aromatic rings. The number of alkyl halides is 3. The number of rotatable bonds is 5. The normalized spacial score (nSPS) is 11.8. The van der Waals surface area contributed by atoms with Crippen LogP contribution in [0, 0.1) is 13.8 Å². The van der Waals surface area contributed by atoms with Gasteiger partial charge < -0.3 is 9.73 Å². The van der Waals surface area contributed by atoms with Crippen LogP contribution >= 0.6 is 11.3 Å². The number of carbonyl (C=O) groups excluding carboxylic acids is 1. The van der Waals surface area contributed by atoms with Crippen LogP contribution in [0.4, 0.5) is 18.3 Å². The molecule has 2 aromatic heterocycles. The summed E-state index contributed by atoms with van der Waals surface area (Å²) >= 11 is 1.39. The number of nitrogens with one attached hydrogen (secondary N) is 1. The molecule has 0 spiro atoms. The van der Waals surface area contributed by atoms with Crippen LogP contribution in [0.15, 0.2) is 40.8 Å². The second kappa shape index (κ2) is 8.10. The fraction of sp³-hybridized carbons (Fsp3) is 0.238. The third-order valence-corrected chi connectivity index (χ3v) is 5.46. The fourth-order valence-electron chi connectivity index (χ4n) is 3.13. The minimum Gasteiger partial charge on any atom is -0.421 e. The van der Waals surface area contributed by atoms with Gasteiger partial charge in [-0.2, -0.15) is 13.2 Å². The lowest BCUT2D eigenvalue weighted by molar-refractivity contribution is -0.137. The average Bonchev–Trinajstić information content (AvgIpc) is 3.33. The molecule has 1 amide bonds. The van der Waals surface area contributed by atoms with Gasteiger partial charge in [0, 0.05) is 18.4 Å². The van der Waals surface area contributed by atoms with Crippen LogP contribution in [0.3, 0.4) is 0 Å². The zero-order chi connectivity index (χ0) is 22.2. The molecule has 31 heavy (non-hydrogen) atoms. The molecule has 0 aliphatic rings. The molecule has 2 heterocycles. The van der Waals surface area contributed by atoms with E-state index in [4.69, 9.17) is 4.42 Å². The van der Waals surface area contributed by atoms with E-state index in [1.54, 1.807) is 0 Å². The van der Waals surface area contributed by atoms with Crippen molar-refractivity contribution in [2.75, 3.05) is 5.32 Å². The topological polar surface area (TPSA) is 80.9 Å². The van der Waals surface area contributed by atoms with Crippen LogP contribution < -0.4 is 5.32 Å². The maximum absolute atomic E-state index is 12.9. The molecule has 0 bridgehead atoms. The summed E-state index contributed by atoms with van der Waals surface area (Å²) in [5.74, 6) is -0.135. The summed E-state index contributed by atoms with van der Waals surface area (Å²) in [5.41, 5.74) is 2.39. The van der Waals surface area contributed by atoms with Gasteiger partial charge in [0.05, 0.1) is 15.8 Å². The van der Waals surface area contributed by atoms with Gasteiger partial charge in [0.25, 0.3) is 0 Å². The van der Waals surface area contributed by atoms with Crippen molar-refractivity contribution < 1.29 is 22.4 Å². The number of hydrogen-bond acceptors (Lipinski definition) is 6. The van der Waals surface area contributed by atoms with E-state index in [9.17, 15) is 18.0 Å². The smallest absolute Gasteiger partial charge is 0.416 e. The first-order chi connectivity index (χ1) is 14.7. The first kappa shape index (κ1) is 21.0. The van der Waals surface area contributed by atoms with Gasteiger partial charge in [0.15, 0.2) is 5.13 Å². The number of thiazole rings is 1. The Labute approximate surface area is 179 Å². The molecule has 0 radical (unpaired) electrons. The van der Waals surface area contributed by atoms with Gasteiger partial charge in [-0.05, 0) is 49.2 Å². The monoisotopic (exact) mass is 446 g/mol. The number of carbonyl (C=O) groups is 1. The molecule has 6 nitrogen and oxygen atoms in total. The molecule has 10 heteroatoms. The number of fused-ring (bicyclic) bond motifs is 1. The quantitative estimate of drug-likeness (QED) is 0.435. The molecular weight excluding hydrogens is 429 g/mol. The molecule has 0 aliphatic heterocycles. The van der Waals surface area contributed by atoms with E-state index < -0.39 is 11.7 Å². The van der Waals surface area contributed by atoms with Crippen molar-refractivity contribution in [3.8, 4) is 11.5 Å². The molecule has 0 aliphatic carbocycles. The van der Waals surface area contributed by atoms with Crippen molar-refractivity contribution in [1.82, 2.24) is 15.2 Å². The minimum absolute atomic E-state index is 0.0291. The van der Waals surface area contributed by atoms with Crippen LogP contribution in [0.5, 0.6) is 0 Å². The summed E-state index contributed by atoms with van der Waals surface area (Å²) in [7, 11) is 0. The molecule has 0 atom stereocenters. The van der Waals surface area contributed by atoms with Crippen LogP contribution in [0.2, 0.25) is 0 Å². The zero-order valence-corrected chi connectivity index (χ0v) is 17.4. The predicted octanol–water partition coefficient (Wildman–Crippen LogP) is 5.55. The second-order valence-electron chi connectivity index (χ2n) is 7.08. The summed E-state index contributed by atoms with van der Waals surface area (Å²) in [5, 5.41) is 10.9. The number of nitrogens with zero attached hydrogens (tertiary/aromatic N) is 3. The second-order valence-corrected chi connectivity index (χ2v) is 8.11. The number of anilines is 1. The van der Waals surface area contributed by atoms with Crippen LogP contribution in [0.25, 0.3) is 21.7 Å². The van der Waals surface area contributed by atoms with Crippen molar-refractivity contribution in [3.05, 3.63) is 59.0 Å². The first-order valence-electron chi connectivity index (χ1n) is 9.37. The number of aryl methyl sites for hydroxylation is 3. The summed E-state index contributed by atoms with van der Waals surface area (Å²) in [6.45, 7) is 3.97. The Morgan fingerprint density at radius 2 is 1.97 bits per heavy atom. The highest BCUT2D eigenvalue weighted by atomic mass is 32.1. The van der Waals surface area contributed by atoms with Crippen molar-refractivity contribution in [2.45, 2.75) is 32.9 Å². The summed E-state index contributed by atoms with van der Waals surface area (Å²) in [6, 6.07) is 8.69. The Hall–Kier alpha value is -3.27. The average molecular weight is 446 g/mol. The third kappa shape index (κ3) is 4.74. The van der Waals surface area contributed by atoms with Gasteiger partial charge in [-0.3, -0.25) is 4.79 Å². The molecular formula is C21H17F3N4O2S. The zero-order valence-electron chi connectivity index (χ0n) is 16.6. The van der Waals surface area contributed by atoms with Gasteiger partial charge >= 0.3 is 6.18 Å². The lowest BCUT2D eigenvalue weighted by atomic mass is 10.1. The van der Waals surface area contributed by atoms with E-state index in [0.717, 1.165) is 33.5 Å².